The molecular formula is C7H16ClNO. The molecule has 0 aromatic heterocycles. The van der Waals surface area contributed by atoms with Crippen molar-refractivity contribution in [2.45, 2.75) is 31.8 Å². The molecule has 1 aliphatic rings. The van der Waals surface area contributed by atoms with Crippen molar-refractivity contribution in [2.75, 3.05) is 13.2 Å². The van der Waals surface area contributed by atoms with Crippen LogP contribution in [0.3, 0.4) is 0 Å². The summed E-state index contributed by atoms with van der Waals surface area (Å²) in [6.45, 7) is 1.40. The first-order valence-corrected chi connectivity index (χ1v) is 3.75. The topological polar surface area (TPSA) is 35.2 Å². The Balaban J connectivity index is 0.000000810. The van der Waals surface area contributed by atoms with Gasteiger partial charge in [-0.15, -0.1) is 12.4 Å². The third kappa shape index (κ3) is 3.40. The molecule has 3 heteroatoms. The average Bonchev–Trinajstić information content (AvgIpc) is 2.34. The zero-order chi connectivity index (χ0) is 6.53. The van der Waals surface area contributed by atoms with Gasteiger partial charge in [0.2, 0.25) is 0 Å². The van der Waals surface area contributed by atoms with Crippen LogP contribution in [0.5, 0.6) is 0 Å². The van der Waals surface area contributed by atoms with Crippen molar-refractivity contribution in [1.82, 2.24) is 0 Å². The monoisotopic (exact) mass is 165 g/mol. The molecule has 1 saturated carbocycles. The Kier molecular flexibility index (Phi) is 6.08. The van der Waals surface area contributed by atoms with Crippen LogP contribution in [0.15, 0.2) is 0 Å². The summed E-state index contributed by atoms with van der Waals surface area (Å²) in [5.41, 5.74) is 5.28. The minimum absolute atomic E-state index is 0. The van der Waals surface area contributed by atoms with Gasteiger partial charge in [0.25, 0.3) is 0 Å². The fraction of sp³-hybridized carbons (Fsp3) is 1.00. The predicted octanol–water partition coefficient (Wildman–Crippen LogP) is 1.33. The molecule has 1 aliphatic carbocycles. The van der Waals surface area contributed by atoms with E-state index in [0.29, 0.717) is 12.6 Å². The molecule has 1 fully saturated rings. The molecule has 1 rings (SSSR count). The van der Waals surface area contributed by atoms with Gasteiger partial charge in [0.1, 0.15) is 0 Å². The summed E-state index contributed by atoms with van der Waals surface area (Å²) in [4.78, 5) is 0. The highest BCUT2D eigenvalue weighted by atomic mass is 35.5. The molecule has 0 aliphatic heterocycles. The largest absolute Gasteiger partial charge is 0.377 e. The van der Waals surface area contributed by atoms with Gasteiger partial charge in [-0.05, 0) is 12.8 Å². The molecule has 62 valence electrons. The third-order valence-electron chi connectivity index (χ3n) is 1.77. The first-order chi connectivity index (χ1) is 4.43. The number of nitrogens with two attached hydrogens (primary N) is 1. The van der Waals surface area contributed by atoms with E-state index in [1.54, 1.807) is 0 Å². The lowest BCUT2D eigenvalue weighted by molar-refractivity contribution is 0.0641. The van der Waals surface area contributed by atoms with E-state index in [2.05, 4.69) is 0 Å². The van der Waals surface area contributed by atoms with E-state index in [4.69, 9.17) is 10.5 Å². The van der Waals surface area contributed by atoms with E-state index in [-0.39, 0.29) is 12.4 Å². The van der Waals surface area contributed by atoms with Gasteiger partial charge in [0, 0.05) is 6.54 Å². The molecule has 0 heterocycles. The summed E-state index contributed by atoms with van der Waals surface area (Å²) in [6.07, 6.45) is 5.72. The van der Waals surface area contributed by atoms with E-state index in [0.717, 1.165) is 6.61 Å². The number of hydrogen-bond acceptors (Lipinski definition) is 2. The predicted molar refractivity (Wildman–Crippen MR) is 44.5 cm³/mol. The lowest BCUT2D eigenvalue weighted by atomic mass is 10.3. The zero-order valence-corrected chi connectivity index (χ0v) is 7.03. The Labute approximate surface area is 68.5 Å². The number of halogens is 1. The van der Waals surface area contributed by atoms with Crippen molar-refractivity contribution in [3.05, 3.63) is 0 Å². The second-order valence-corrected chi connectivity index (χ2v) is 2.57. The highest BCUT2D eigenvalue weighted by molar-refractivity contribution is 5.85. The normalized spacial score (nSPS) is 18.9. The van der Waals surface area contributed by atoms with Crippen molar-refractivity contribution in [3.63, 3.8) is 0 Å². The second-order valence-electron chi connectivity index (χ2n) is 2.57. The van der Waals surface area contributed by atoms with Crippen LogP contribution in [-0.2, 0) is 4.74 Å². The first-order valence-electron chi connectivity index (χ1n) is 3.75. The average molecular weight is 166 g/mol. The molecule has 2 nitrogen and oxygen atoms in total. The standard InChI is InChI=1S/C7H15NO.ClH/c8-5-6-9-7-3-1-2-4-7;/h7H,1-6,8H2;1H. The van der Waals surface area contributed by atoms with Gasteiger partial charge < -0.3 is 10.5 Å². The molecule has 0 amide bonds. The minimum atomic E-state index is 0. The van der Waals surface area contributed by atoms with E-state index in [1.807, 2.05) is 0 Å². The molecular weight excluding hydrogens is 150 g/mol. The van der Waals surface area contributed by atoms with E-state index < -0.39 is 0 Å². The van der Waals surface area contributed by atoms with Gasteiger partial charge in [-0.2, -0.15) is 0 Å². The SMILES string of the molecule is Cl.NCCOC1CCCC1. The van der Waals surface area contributed by atoms with Crippen LogP contribution in [0.1, 0.15) is 25.7 Å². The smallest absolute Gasteiger partial charge is 0.0592 e. The van der Waals surface area contributed by atoms with Gasteiger partial charge in [-0.3, -0.25) is 0 Å². The highest BCUT2D eigenvalue weighted by Gasteiger charge is 2.13. The molecule has 0 unspecified atom stereocenters. The third-order valence-corrected chi connectivity index (χ3v) is 1.77. The molecule has 0 aromatic rings. The number of hydrogen-bond donors (Lipinski definition) is 1. The Morgan fingerprint density at radius 2 is 1.90 bits per heavy atom. The minimum Gasteiger partial charge on any atom is -0.377 e. The van der Waals surface area contributed by atoms with Crippen LogP contribution in [-0.4, -0.2) is 19.3 Å². The van der Waals surface area contributed by atoms with Crippen LogP contribution in [0.25, 0.3) is 0 Å². The van der Waals surface area contributed by atoms with Crippen LogP contribution in [0.4, 0.5) is 0 Å². The molecule has 0 saturated heterocycles. The first kappa shape index (κ1) is 10.2. The zero-order valence-electron chi connectivity index (χ0n) is 6.21. The van der Waals surface area contributed by atoms with Crippen molar-refractivity contribution in [2.24, 2.45) is 5.73 Å². The van der Waals surface area contributed by atoms with Crippen molar-refractivity contribution >= 4 is 12.4 Å². The Morgan fingerprint density at radius 1 is 1.30 bits per heavy atom. The molecule has 0 bridgehead atoms. The molecule has 0 radical (unpaired) electrons. The van der Waals surface area contributed by atoms with Crippen LogP contribution < -0.4 is 5.73 Å². The fourth-order valence-corrected chi connectivity index (χ4v) is 1.29. The van der Waals surface area contributed by atoms with Gasteiger partial charge in [0.15, 0.2) is 0 Å². The Hall–Kier alpha value is 0.210. The fourth-order valence-electron chi connectivity index (χ4n) is 1.29. The number of rotatable bonds is 3. The second kappa shape index (κ2) is 5.96. The van der Waals surface area contributed by atoms with Gasteiger partial charge >= 0.3 is 0 Å². The summed E-state index contributed by atoms with van der Waals surface area (Å²) in [6, 6.07) is 0. The Morgan fingerprint density at radius 3 is 2.40 bits per heavy atom. The van der Waals surface area contributed by atoms with E-state index in [1.165, 1.54) is 25.7 Å². The maximum absolute atomic E-state index is 5.43. The number of ether oxygens (including phenoxy) is 1. The van der Waals surface area contributed by atoms with Gasteiger partial charge in [-0.25, -0.2) is 0 Å². The van der Waals surface area contributed by atoms with E-state index in [9.17, 15) is 0 Å². The molecule has 2 N–H and O–H groups in total. The molecule has 10 heavy (non-hydrogen) atoms. The molecule has 0 atom stereocenters. The van der Waals surface area contributed by atoms with Crippen LogP contribution >= 0.6 is 12.4 Å². The lowest BCUT2D eigenvalue weighted by Crippen LogP contribution is -2.14. The lowest BCUT2D eigenvalue weighted by Gasteiger charge is -2.08. The van der Waals surface area contributed by atoms with Gasteiger partial charge in [-0.1, -0.05) is 12.8 Å². The maximum Gasteiger partial charge on any atom is 0.0592 e. The summed E-state index contributed by atoms with van der Waals surface area (Å²) in [5, 5.41) is 0. The van der Waals surface area contributed by atoms with E-state index >= 15 is 0 Å². The van der Waals surface area contributed by atoms with Crippen LogP contribution in [0.2, 0.25) is 0 Å². The summed E-state index contributed by atoms with van der Waals surface area (Å²) in [7, 11) is 0. The Bertz CT molecular complexity index is 74.0. The summed E-state index contributed by atoms with van der Waals surface area (Å²) < 4.78 is 5.43. The van der Waals surface area contributed by atoms with Crippen molar-refractivity contribution in [3.8, 4) is 0 Å². The summed E-state index contributed by atoms with van der Waals surface area (Å²) >= 11 is 0. The quantitative estimate of drug-likeness (QED) is 0.685. The van der Waals surface area contributed by atoms with Crippen molar-refractivity contribution < 1.29 is 4.74 Å². The molecule has 0 aromatic carbocycles. The molecule has 0 spiro atoms. The highest BCUT2D eigenvalue weighted by Crippen LogP contribution is 2.20. The van der Waals surface area contributed by atoms with Gasteiger partial charge in [0.05, 0.1) is 12.7 Å². The van der Waals surface area contributed by atoms with Crippen molar-refractivity contribution in [1.29, 1.82) is 0 Å². The van der Waals surface area contributed by atoms with Crippen LogP contribution in [0, 0.1) is 0 Å². The summed E-state index contributed by atoms with van der Waals surface area (Å²) in [5.74, 6) is 0. The maximum atomic E-state index is 5.43.